The summed E-state index contributed by atoms with van der Waals surface area (Å²) in [6.45, 7) is 2.94. The predicted molar refractivity (Wildman–Crippen MR) is 119 cm³/mol. The van der Waals surface area contributed by atoms with E-state index < -0.39 is 0 Å². The molecule has 1 heterocycles. The van der Waals surface area contributed by atoms with Crippen LogP contribution >= 0.6 is 0 Å². The molecule has 4 saturated carbocycles. The number of carbonyl (C=O) groups excluding carboxylic acids is 1. The average molecular weight is 422 g/mol. The Kier molecular flexibility index (Phi) is 5.55. The van der Waals surface area contributed by atoms with E-state index in [1.54, 1.807) is 6.20 Å². The Bertz CT molecular complexity index is 879. The number of pyridine rings is 1. The zero-order valence-electron chi connectivity index (χ0n) is 18.3. The van der Waals surface area contributed by atoms with E-state index >= 15 is 0 Å². The fourth-order valence-corrected chi connectivity index (χ4v) is 6.77. The van der Waals surface area contributed by atoms with Crippen molar-refractivity contribution in [3.05, 3.63) is 65.7 Å². The van der Waals surface area contributed by atoms with Gasteiger partial charge in [0, 0.05) is 30.5 Å². The van der Waals surface area contributed by atoms with E-state index in [0.717, 1.165) is 48.1 Å². The van der Waals surface area contributed by atoms with E-state index in [9.17, 15) is 9.18 Å². The van der Waals surface area contributed by atoms with Crippen molar-refractivity contribution in [2.75, 3.05) is 6.54 Å². The second kappa shape index (κ2) is 8.34. The Hall–Kier alpha value is -2.27. The molecule has 1 aromatic carbocycles. The summed E-state index contributed by atoms with van der Waals surface area (Å²) in [5.41, 5.74) is 2.06. The summed E-state index contributed by atoms with van der Waals surface area (Å²) in [5, 5.41) is 3.41. The molecule has 5 heteroatoms. The highest BCUT2D eigenvalue weighted by atomic mass is 19.1. The highest BCUT2D eigenvalue weighted by molar-refractivity contribution is 5.79. The molecule has 0 aliphatic heterocycles. The summed E-state index contributed by atoms with van der Waals surface area (Å²) in [7, 11) is 0. The normalized spacial score (nSPS) is 29.7. The molecule has 1 aromatic heterocycles. The SMILES string of the molecule is CC(NCC(=O)N(Cc1ccc(F)cc1)C12CC3CC(CC(C3)C1)C2)c1cccnc1. The molecule has 2 aromatic rings. The molecule has 164 valence electrons. The number of hydrogen-bond acceptors (Lipinski definition) is 3. The molecule has 1 unspecified atom stereocenters. The van der Waals surface area contributed by atoms with Crippen LogP contribution in [0.3, 0.4) is 0 Å². The lowest BCUT2D eigenvalue weighted by Gasteiger charge is -2.60. The van der Waals surface area contributed by atoms with Crippen LogP contribution in [-0.4, -0.2) is 27.9 Å². The number of nitrogens with zero attached hydrogens (tertiary/aromatic N) is 2. The summed E-state index contributed by atoms with van der Waals surface area (Å²) in [4.78, 5) is 20.0. The molecule has 4 fully saturated rings. The smallest absolute Gasteiger partial charge is 0.237 e. The van der Waals surface area contributed by atoms with E-state index in [0.29, 0.717) is 13.1 Å². The van der Waals surface area contributed by atoms with Gasteiger partial charge in [-0.15, -0.1) is 0 Å². The number of carbonyl (C=O) groups is 1. The highest BCUT2D eigenvalue weighted by Gasteiger charge is 2.54. The number of amides is 1. The minimum Gasteiger partial charge on any atom is -0.332 e. The van der Waals surface area contributed by atoms with Gasteiger partial charge >= 0.3 is 0 Å². The first-order valence-corrected chi connectivity index (χ1v) is 11.7. The van der Waals surface area contributed by atoms with Gasteiger partial charge in [0.2, 0.25) is 5.91 Å². The fraction of sp³-hybridized carbons (Fsp3) is 0.538. The van der Waals surface area contributed by atoms with E-state index in [1.165, 1.54) is 31.4 Å². The molecule has 4 bridgehead atoms. The fourth-order valence-electron chi connectivity index (χ4n) is 6.77. The van der Waals surface area contributed by atoms with Gasteiger partial charge in [-0.05, 0) is 92.5 Å². The largest absolute Gasteiger partial charge is 0.332 e. The molecule has 4 nitrogen and oxygen atoms in total. The third-order valence-electron chi connectivity index (χ3n) is 7.88. The van der Waals surface area contributed by atoms with Crippen LogP contribution in [0, 0.1) is 23.6 Å². The number of aromatic nitrogens is 1. The Morgan fingerprint density at radius 3 is 2.35 bits per heavy atom. The van der Waals surface area contributed by atoms with Crippen LogP contribution in [0.15, 0.2) is 48.8 Å². The third kappa shape index (κ3) is 4.25. The van der Waals surface area contributed by atoms with Gasteiger partial charge in [0.15, 0.2) is 0 Å². The second-order valence-corrected chi connectivity index (χ2v) is 10.1. The standard InChI is InChI=1S/C26H32FN3O/c1-18(23-3-2-8-28-15-23)29-16-25(31)30(17-19-4-6-24(27)7-5-19)26-12-20-9-21(13-26)11-22(10-20)14-26/h2-8,15,18,20-22,29H,9-14,16-17H2,1H3. The molecule has 6 rings (SSSR count). The number of halogens is 1. The first-order chi connectivity index (χ1) is 15.0. The van der Waals surface area contributed by atoms with Crippen molar-refractivity contribution in [3.8, 4) is 0 Å². The lowest BCUT2D eigenvalue weighted by Crippen LogP contribution is -2.62. The number of rotatable bonds is 7. The van der Waals surface area contributed by atoms with E-state index in [1.807, 2.05) is 30.5 Å². The number of nitrogens with one attached hydrogen (secondary N) is 1. The van der Waals surface area contributed by atoms with Crippen LogP contribution in [0.1, 0.15) is 62.6 Å². The van der Waals surface area contributed by atoms with Crippen LogP contribution in [0.2, 0.25) is 0 Å². The zero-order valence-corrected chi connectivity index (χ0v) is 18.3. The highest BCUT2D eigenvalue weighted by Crippen LogP contribution is 2.58. The van der Waals surface area contributed by atoms with Crippen LogP contribution in [0.25, 0.3) is 0 Å². The zero-order chi connectivity index (χ0) is 21.4. The molecule has 31 heavy (non-hydrogen) atoms. The average Bonchev–Trinajstić information content (AvgIpc) is 2.76. The van der Waals surface area contributed by atoms with Crippen LogP contribution < -0.4 is 5.32 Å². The van der Waals surface area contributed by atoms with Gasteiger partial charge in [0.05, 0.1) is 6.54 Å². The van der Waals surface area contributed by atoms with Gasteiger partial charge < -0.3 is 10.2 Å². The molecular formula is C26H32FN3O. The summed E-state index contributed by atoms with van der Waals surface area (Å²) in [6, 6.07) is 10.7. The maximum atomic E-state index is 13.6. The van der Waals surface area contributed by atoms with Gasteiger partial charge in [-0.25, -0.2) is 4.39 Å². The first kappa shape index (κ1) is 20.6. The maximum absolute atomic E-state index is 13.6. The summed E-state index contributed by atoms with van der Waals surface area (Å²) in [5.74, 6) is 2.21. The number of hydrogen-bond donors (Lipinski definition) is 1. The molecule has 1 N–H and O–H groups in total. The topological polar surface area (TPSA) is 45.2 Å². The van der Waals surface area contributed by atoms with Gasteiger partial charge in [-0.2, -0.15) is 0 Å². The molecule has 0 spiro atoms. The van der Waals surface area contributed by atoms with E-state index in [-0.39, 0.29) is 23.3 Å². The van der Waals surface area contributed by atoms with Gasteiger partial charge in [0.25, 0.3) is 0 Å². The lowest BCUT2D eigenvalue weighted by molar-refractivity contribution is -0.151. The minimum absolute atomic E-state index is 0.0283. The summed E-state index contributed by atoms with van der Waals surface area (Å²) < 4.78 is 13.5. The van der Waals surface area contributed by atoms with Crippen LogP contribution in [0.5, 0.6) is 0 Å². The molecular weight excluding hydrogens is 389 g/mol. The lowest BCUT2D eigenvalue weighted by atomic mass is 9.52. The van der Waals surface area contributed by atoms with Gasteiger partial charge in [0.1, 0.15) is 5.82 Å². The van der Waals surface area contributed by atoms with Crippen LogP contribution in [-0.2, 0) is 11.3 Å². The predicted octanol–water partition coefficient (Wildman–Crippen LogP) is 4.87. The maximum Gasteiger partial charge on any atom is 0.237 e. The summed E-state index contributed by atoms with van der Waals surface area (Å²) in [6.07, 6.45) is 11.0. The van der Waals surface area contributed by atoms with Gasteiger partial charge in [-0.3, -0.25) is 9.78 Å². The van der Waals surface area contributed by atoms with Crippen molar-refractivity contribution >= 4 is 5.91 Å². The Labute approximate surface area is 184 Å². The van der Waals surface area contributed by atoms with Crippen molar-refractivity contribution in [3.63, 3.8) is 0 Å². The molecule has 1 amide bonds. The Morgan fingerprint density at radius 2 is 1.77 bits per heavy atom. The van der Waals surface area contributed by atoms with Crippen molar-refractivity contribution in [1.29, 1.82) is 0 Å². The Morgan fingerprint density at radius 1 is 1.13 bits per heavy atom. The molecule has 0 radical (unpaired) electrons. The van der Waals surface area contributed by atoms with Gasteiger partial charge in [-0.1, -0.05) is 18.2 Å². The van der Waals surface area contributed by atoms with Crippen molar-refractivity contribution in [2.24, 2.45) is 17.8 Å². The number of benzene rings is 1. The molecule has 0 saturated heterocycles. The van der Waals surface area contributed by atoms with E-state index in [4.69, 9.17) is 0 Å². The molecule has 4 aliphatic carbocycles. The summed E-state index contributed by atoms with van der Waals surface area (Å²) >= 11 is 0. The quantitative estimate of drug-likeness (QED) is 0.694. The Balaban J connectivity index is 1.36. The monoisotopic (exact) mass is 421 g/mol. The molecule has 4 aliphatic rings. The first-order valence-electron chi connectivity index (χ1n) is 11.7. The van der Waals surface area contributed by atoms with Crippen LogP contribution in [0.4, 0.5) is 4.39 Å². The molecule has 1 atom stereocenters. The van der Waals surface area contributed by atoms with E-state index in [2.05, 4.69) is 22.1 Å². The third-order valence-corrected chi connectivity index (χ3v) is 7.88. The van der Waals surface area contributed by atoms with Crippen molar-refractivity contribution < 1.29 is 9.18 Å². The minimum atomic E-state index is -0.233. The van der Waals surface area contributed by atoms with Crippen molar-refractivity contribution in [1.82, 2.24) is 15.2 Å². The second-order valence-electron chi connectivity index (χ2n) is 10.1. The van der Waals surface area contributed by atoms with Crippen molar-refractivity contribution in [2.45, 2.75) is 63.6 Å².